The number of aliphatic imine (C=N–C) groups is 1. The number of rotatable bonds is 5. The van der Waals surface area contributed by atoms with Crippen molar-refractivity contribution in [3.05, 3.63) is 72.0 Å². The summed E-state index contributed by atoms with van der Waals surface area (Å²) in [5.74, 6) is 2.26. The average molecular weight is 497 g/mol. The number of aromatic nitrogens is 3. The van der Waals surface area contributed by atoms with Crippen LogP contribution in [0, 0.1) is 6.92 Å². The van der Waals surface area contributed by atoms with E-state index in [0.717, 1.165) is 49.6 Å². The highest BCUT2D eigenvalue weighted by Crippen LogP contribution is 2.32. The van der Waals surface area contributed by atoms with Gasteiger partial charge in [0.2, 0.25) is 0 Å². The van der Waals surface area contributed by atoms with Crippen LogP contribution in [-0.2, 0) is 4.74 Å². The maximum absolute atomic E-state index is 6.14. The number of hydrogen-bond donors (Lipinski definition) is 2. The fraction of sp³-hybridized carbons (Fsp3) is 0.185. The highest BCUT2D eigenvalue weighted by molar-refractivity contribution is 7.16. The second kappa shape index (κ2) is 8.76. The Morgan fingerprint density at radius 1 is 0.917 bits per heavy atom. The first-order valence-corrected chi connectivity index (χ1v) is 12.4. The van der Waals surface area contributed by atoms with Crippen LogP contribution in [0.1, 0.15) is 19.4 Å². The van der Waals surface area contributed by atoms with Crippen molar-refractivity contribution >= 4 is 55.7 Å². The van der Waals surface area contributed by atoms with Gasteiger partial charge in [0, 0.05) is 22.8 Å². The summed E-state index contributed by atoms with van der Waals surface area (Å²) in [7, 11) is 0. The van der Waals surface area contributed by atoms with Crippen LogP contribution in [0.25, 0.3) is 21.1 Å². The third-order valence-corrected chi connectivity index (χ3v) is 6.63. The molecule has 0 fully saturated rings. The smallest absolute Gasteiger partial charge is 0.289 e. The zero-order valence-corrected chi connectivity index (χ0v) is 20.9. The Labute approximate surface area is 212 Å². The van der Waals surface area contributed by atoms with Gasteiger partial charge in [0.15, 0.2) is 0 Å². The average Bonchev–Trinajstić information content (AvgIpc) is 3.46. The van der Waals surface area contributed by atoms with E-state index in [1.54, 1.807) is 17.7 Å². The second-order valence-corrected chi connectivity index (χ2v) is 10.2. The number of thiazole rings is 1. The first-order valence-electron chi connectivity index (χ1n) is 11.6. The minimum absolute atomic E-state index is 0.226. The minimum Gasteiger partial charge on any atom is -0.462 e. The van der Waals surface area contributed by atoms with Gasteiger partial charge in [0.05, 0.1) is 26.8 Å². The fourth-order valence-corrected chi connectivity index (χ4v) is 4.67. The lowest BCUT2D eigenvalue weighted by molar-refractivity contribution is 0.278. The first-order chi connectivity index (χ1) is 17.4. The number of amidine groups is 1. The molecule has 3 aromatic carbocycles. The Kier molecular flexibility index (Phi) is 5.41. The number of anilines is 3. The summed E-state index contributed by atoms with van der Waals surface area (Å²) in [4.78, 5) is 17.8. The van der Waals surface area contributed by atoms with Crippen LogP contribution in [0.15, 0.2) is 71.4 Å². The number of benzene rings is 3. The maximum atomic E-state index is 6.14. The van der Waals surface area contributed by atoms with Crippen LogP contribution in [-0.4, -0.2) is 33.1 Å². The molecule has 6 rings (SSSR count). The van der Waals surface area contributed by atoms with Gasteiger partial charge in [-0.05, 0) is 74.9 Å². The van der Waals surface area contributed by atoms with Crippen LogP contribution < -0.4 is 15.4 Å². The van der Waals surface area contributed by atoms with Gasteiger partial charge in [-0.25, -0.2) is 19.9 Å². The highest BCUT2D eigenvalue weighted by Gasteiger charge is 2.26. The monoisotopic (exact) mass is 496 g/mol. The number of fused-ring (bicyclic) bond motifs is 2. The molecule has 1 aliphatic heterocycles. The first kappa shape index (κ1) is 22.2. The van der Waals surface area contributed by atoms with Gasteiger partial charge in [-0.1, -0.05) is 0 Å². The van der Waals surface area contributed by atoms with Crippen molar-refractivity contribution in [3.63, 3.8) is 0 Å². The zero-order valence-electron chi connectivity index (χ0n) is 20.1. The Morgan fingerprint density at radius 2 is 1.78 bits per heavy atom. The number of aryl methyl sites for hydroxylation is 1. The number of nitrogens with zero attached hydrogens (tertiary/aromatic N) is 4. The van der Waals surface area contributed by atoms with E-state index in [9.17, 15) is 0 Å². The van der Waals surface area contributed by atoms with Crippen molar-refractivity contribution in [2.45, 2.75) is 26.3 Å². The fourth-order valence-electron chi connectivity index (χ4n) is 4.01. The van der Waals surface area contributed by atoms with Crippen molar-refractivity contribution in [1.82, 2.24) is 15.0 Å². The van der Waals surface area contributed by atoms with Gasteiger partial charge < -0.3 is 20.1 Å². The summed E-state index contributed by atoms with van der Waals surface area (Å²) in [5.41, 5.74) is 6.14. The molecule has 0 bridgehead atoms. The quantitative estimate of drug-likeness (QED) is 0.281. The standard InChI is InChI=1S/C27H24N6O2S/c1-16-10-17(5-8-23(16)35-19-6-9-24-22(12-19)30-15-36-24)31-25-20-11-18(4-7-21(20)28-14-29-25)32-26-33-27(2,3)13-34-26/h4-12,14-15H,13H2,1-3H3,(H,32,33)(H,28,29,31). The summed E-state index contributed by atoms with van der Waals surface area (Å²) in [5, 5.41) is 7.57. The van der Waals surface area contributed by atoms with Crippen LogP contribution in [0.3, 0.4) is 0 Å². The summed E-state index contributed by atoms with van der Waals surface area (Å²) < 4.78 is 12.9. The van der Waals surface area contributed by atoms with Gasteiger partial charge in [0.1, 0.15) is 30.3 Å². The minimum atomic E-state index is -0.226. The Hall–Kier alpha value is -4.24. The van der Waals surface area contributed by atoms with Crippen molar-refractivity contribution in [2.24, 2.45) is 4.99 Å². The van der Waals surface area contributed by atoms with Gasteiger partial charge in [-0.15, -0.1) is 11.3 Å². The van der Waals surface area contributed by atoms with E-state index >= 15 is 0 Å². The van der Waals surface area contributed by atoms with Gasteiger partial charge in [-0.3, -0.25) is 0 Å². The van der Waals surface area contributed by atoms with E-state index in [1.165, 1.54) is 0 Å². The van der Waals surface area contributed by atoms with Crippen molar-refractivity contribution in [1.29, 1.82) is 0 Å². The van der Waals surface area contributed by atoms with Gasteiger partial charge >= 0.3 is 0 Å². The van der Waals surface area contributed by atoms with Crippen molar-refractivity contribution in [3.8, 4) is 11.5 Å². The van der Waals surface area contributed by atoms with E-state index in [0.29, 0.717) is 18.4 Å². The molecular formula is C27H24N6O2S. The van der Waals surface area contributed by atoms with E-state index in [1.807, 2.05) is 80.9 Å². The van der Waals surface area contributed by atoms with Crippen molar-refractivity contribution in [2.75, 3.05) is 17.2 Å². The topological polar surface area (TPSA) is 93.6 Å². The molecule has 0 amide bonds. The molecule has 0 saturated carbocycles. The highest BCUT2D eigenvalue weighted by atomic mass is 32.1. The SMILES string of the molecule is Cc1cc(Nc2ncnc3ccc(NC4=NC(C)(C)CO4)cc23)ccc1Oc1ccc2scnc2c1. The summed E-state index contributed by atoms with van der Waals surface area (Å²) in [6.07, 6.45) is 1.56. The Balaban J connectivity index is 1.23. The molecule has 0 spiro atoms. The molecule has 3 heterocycles. The summed E-state index contributed by atoms with van der Waals surface area (Å²) in [6, 6.07) is 18.3. The molecule has 180 valence electrons. The van der Waals surface area contributed by atoms with Gasteiger partial charge in [-0.2, -0.15) is 0 Å². The predicted molar refractivity (Wildman–Crippen MR) is 145 cm³/mol. The molecule has 0 radical (unpaired) electrons. The molecule has 0 atom stereocenters. The van der Waals surface area contributed by atoms with E-state index in [2.05, 4.69) is 30.6 Å². The van der Waals surface area contributed by atoms with E-state index in [4.69, 9.17) is 9.47 Å². The Morgan fingerprint density at radius 3 is 2.61 bits per heavy atom. The Bertz CT molecular complexity index is 1630. The van der Waals surface area contributed by atoms with Crippen LogP contribution in [0.2, 0.25) is 0 Å². The molecule has 0 aliphatic carbocycles. The van der Waals surface area contributed by atoms with Crippen molar-refractivity contribution < 1.29 is 9.47 Å². The maximum Gasteiger partial charge on any atom is 0.289 e. The molecule has 9 heteroatoms. The lowest BCUT2D eigenvalue weighted by atomic mass is 10.1. The third kappa shape index (κ3) is 4.52. The molecule has 2 N–H and O–H groups in total. The molecule has 0 saturated heterocycles. The van der Waals surface area contributed by atoms with E-state index in [-0.39, 0.29) is 5.54 Å². The molecule has 0 unspecified atom stereocenters. The second-order valence-electron chi connectivity index (χ2n) is 9.29. The lowest BCUT2D eigenvalue weighted by Crippen LogP contribution is -2.17. The summed E-state index contributed by atoms with van der Waals surface area (Å²) >= 11 is 1.62. The van der Waals surface area contributed by atoms with Gasteiger partial charge in [0.25, 0.3) is 6.02 Å². The molecule has 8 nitrogen and oxygen atoms in total. The normalized spacial score (nSPS) is 14.5. The molecule has 1 aliphatic rings. The van der Waals surface area contributed by atoms with Crippen LogP contribution >= 0.6 is 11.3 Å². The molecule has 2 aromatic heterocycles. The molecule has 5 aromatic rings. The third-order valence-electron chi connectivity index (χ3n) is 5.82. The molecular weight excluding hydrogens is 472 g/mol. The largest absolute Gasteiger partial charge is 0.462 e. The molecule has 36 heavy (non-hydrogen) atoms. The predicted octanol–water partition coefficient (Wildman–Crippen LogP) is 6.66. The van der Waals surface area contributed by atoms with Crippen LogP contribution in [0.4, 0.5) is 17.2 Å². The van der Waals surface area contributed by atoms with Crippen LogP contribution in [0.5, 0.6) is 11.5 Å². The summed E-state index contributed by atoms with van der Waals surface area (Å²) in [6.45, 7) is 6.65. The number of ether oxygens (including phenoxy) is 2. The lowest BCUT2D eigenvalue weighted by Gasteiger charge is -2.13. The number of hydrogen-bond acceptors (Lipinski definition) is 9. The number of nitrogens with one attached hydrogen (secondary N) is 2. The zero-order chi connectivity index (χ0) is 24.7. The van der Waals surface area contributed by atoms with E-state index < -0.39 is 0 Å².